The third kappa shape index (κ3) is 4.47. The highest BCUT2D eigenvalue weighted by Crippen LogP contribution is 2.29. The summed E-state index contributed by atoms with van der Waals surface area (Å²) >= 11 is 0. The lowest BCUT2D eigenvalue weighted by Crippen LogP contribution is -2.48. The fraction of sp³-hybridized carbons (Fsp3) is 0.154. The number of halogens is 2. The number of hydrogen-bond donors (Lipinski definition) is 1. The maximum atomic E-state index is 13.5. The van der Waals surface area contributed by atoms with Gasteiger partial charge >= 0.3 is 0 Å². The lowest BCUT2D eigenvalue weighted by atomic mass is 9.98. The van der Waals surface area contributed by atoms with E-state index in [1.54, 1.807) is 7.05 Å². The van der Waals surface area contributed by atoms with Gasteiger partial charge in [0.2, 0.25) is 12.1 Å². The largest absolute Gasteiger partial charge is 0.326 e. The van der Waals surface area contributed by atoms with E-state index >= 15 is 0 Å². The summed E-state index contributed by atoms with van der Waals surface area (Å²) in [6.45, 7) is 1.33. The molecule has 6 nitrogen and oxygen atoms in total. The predicted octanol–water partition coefficient (Wildman–Crippen LogP) is 3.99. The molecule has 0 saturated carbocycles. The first kappa shape index (κ1) is 23.0. The molecular formula is C26H21F2N3O3. The van der Waals surface area contributed by atoms with E-state index in [0.29, 0.717) is 11.3 Å². The Hall–Kier alpha value is -4.20. The smallest absolute Gasteiger partial charge is 0.272 e. The van der Waals surface area contributed by atoms with E-state index in [1.807, 2.05) is 48.5 Å². The van der Waals surface area contributed by atoms with Gasteiger partial charge in [0.15, 0.2) is 17.4 Å². The molecule has 1 unspecified atom stereocenters. The SMILES string of the molecule is CC(C(=O)N[C@H]1N=Cc2ccc(-c3ccccc3)cc2N(C)C1=O)C(=O)c1ccc(F)c(F)c1. The average molecular weight is 461 g/mol. The highest BCUT2D eigenvalue weighted by atomic mass is 19.2. The van der Waals surface area contributed by atoms with Gasteiger partial charge < -0.3 is 10.2 Å². The lowest BCUT2D eigenvalue weighted by molar-refractivity contribution is -0.128. The van der Waals surface area contributed by atoms with Crippen LogP contribution in [0.5, 0.6) is 0 Å². The highest BCUT2D eigenvalue weighted by molar-refractivity contribution is 6.11. The molecule has 3 aromatic rings. The second-order valence-corrected chi connectivity index (χ2v) is 7.94. The summed E-state index contributed by atoms with van der Waals surface area (Å²) in [5.74, 6) is -5.46. The molecule has 2 amide bonds. The molecule has 172 valence electrons. The van der Waals surface area contributed by atoms with E-state index in [9.17, 15) is 23.2 Å². The van der Waals surface area contributed by atoms with Crippen LogP contribution in [0.1, 0.15) is 22.8 Å². The van der Waals surface area contributed by atoms with Crippen LogP contribution in [0.4, 0.5) is 14.5 Å². The van der Waals surface area contributed by atoms with Crippen molar-refractivity contribution < 1.29 is 23.2 Å². The molecule has 1 heterocycles. The van der Waals surface area contributed by atoms with Gasteiger partial charge in [0, 0.05) is 24.4 Å². The van der Waals surface area contributed by atoms with Crippen molar-refractivity contribution in [1.29, 1.82) is 0 Å². The Morgan fingerprint density at radius 3 is 2.41 bits per heavy atom. The summed E-state index contributed by atoms with van der Waals surface area (Å²) in [7, 11) is 1.58. The van der Waals surface area contributed by atoms with Crippen molar-refractivity contribution in [1.82, 2.24) is 5.32 Å². The number of carbonyl (C=O) groups is 3. The number of nitrogens with zero attached hydrogens (tertiary/aromatic N) is 2. The summed E-state index contributed by atoms with van der Waals surface area (Å²) < 4.78 is 26.6. The van der Waals surface area contributed by atoms with Gasteiger partial charge in [-0.05, 0) is 42.3 Å². The molecule has 1 N–H and O–H groups in total. The van der Waals surface area contributed by atoms with Crippen molar-refractivity contribution in [3.05, 3.63) is 89.5 Å². The van der Waals surface area contributed by atoms with Crippen LogP contribution in [0.25, 0.3) is 11.1 Å². The molecule has 34 heavy (non-hydrogen) atoms. The summed E-state index contributed by atoms with van der Waals surface area (Å²) in [4.78, 5) is 44.0. The lowest BCUT2D eigenvalue weighted by Gasteiger charge is -2.22. The number of benzene rings is 3. The number of ketones is 1. The molecule has 0 fully saturated rings. The fourth-order valence-corrected chi connectivity index (χ4v) is 3.65. The summed E-state index contributed by atoms with van der Waals surface area (Å²) in [6, 6.07) is 18.0. The number of fused-ring (bicyclic) bond motifs is 1. The maximum absolute atomic E-state index is 13.5. The third-order valence-corrected chi connectivity index (χ3v) is 5.70. The van der Waals surface area contributed by atoms with Gasteiger partial charge in [0.25, 0.3) is 5.91 Å². The Morgan fingerprint density at radius 2 is 1.71 bits per heavy atom. The van der Waals surface area contributed by atoms with E-state index < -0.39 is 41.3 Å². The van der Waals surface area contributed by atoms with Crippen LogP contribution >= 0.6 is 0 Å². The number of likely N-dealkylation sites (N-methyl/N-ethyl adjacent to an activating group) is 1. The second-order valence-electron chi connectivity index (χ2n) is 7.94. The zero-order valence-corrected chi connectivity index (χ0v) is 18.5. The Kier molecular flexibility index (Phi) is 6.32. The molecule has 0 spiro atoms. The van der Waals surface area contributed by atoms with Gasteiger partial charge in [0.05, 0.1) is 11.6 Å². The number of aliphatic imine (C=N–C) groups is 1. The quantitative estimate of drug-likeness (QED) is 0.461. The maximum Gasteiger partial charge on any atom is 0.272 e. The highest BCUT2D eigenvalue weighted by Gasteiger charge is 2.31. The first-order valence-corrected chi connectivity index (χ1v) is 10.6. The van der Waals surface area contributed by atoms with Crippen molar-refractivity contribution >= 4 is 29.5 Å². The van der Waals surface area contributed by atoms with Crippen molar-refractivity contribution in [2.75, 3.05) is 11.9 Å². The van der Waals surface area contributed by atoms with Crippen LogP contribution in [0.3, 0.4) is 0 Å². The Labute approximate surface area is 194 Å². The molecule has 8 heteroatoms. The van der Waals surface area contributed by atoms with Crippen LogP contribution in [0.2, 0.25) is 0 Å². The molecule has 0 saturated heterocycles. The van der Waals surface area contributed by atoms with E-state index in [2.05, 4.69) is 10.3 Å². The molecule has 1 aliphatic heterocycles. The number of Topliss-reactive ketones (excluding diaryl/α,β-unsaturated/α-hetero) is 1. The molecule has 4 rings (SSSR count). The molecule has 0 aliphatic carbocycles. The Balaban J connectivity index is 1.52. The van der Waals surface area contributed by atoms with Gasteiger partial charge in [-0.2, -0.15) is 0 Å². The zero-order chi connectivity index (χ0) is 24.4. The van der Waals surface area contributed by atoms with Crippen LogP contribution in [-0.2, 0) is 9.59 Å². The number of rotatable bonds is 5. The van der Waals surface area contributed by atoms with Gasteiger partial charge in [0.1, 0.15) is 0 Å². The second kappa shape index (κ2) is 9.35. The molecule has 0 aromatic heterocycles. The van der Waals surface area contributed by atoms with E-state index in [0.717, 1.165) is 29.3 Å². The standard InChI is InChI=1S/C26H21F2N3O3/c1-15(23(32)18-10-11-20(27)21(28)12-18)25(33)30-24-26(34)31(2)22-13-17(8-9-19(22)14-29-24)16-6-4-3-5-7-16/h3-15,24H,1-2H3,(H,30,33)/t15?,24-/m1/s1. The summed E-state index contributed by atoms with van der Waals surface area (Å²) in [5.41, 5.74) is 3.08. The Morgan fingerprint density at radius 1 is 0.971 bits per heavy atom. The zero-order valence-electron chi connectivity index (χ0n) is 18.5. The van der Waals surface area contributed by atoms with E-state index in [-0.39, 0.29) is 5.56 Å². The number of nitrogens with one attached hydrogen (secondary N) is 1. The van der Waals surface area contributed by atoms with Gasteiger partial charge in [-0.3, -0.25) is 19.4 Å². The molecule has 2 atom stereocenters. The molecule has 1 aliphatic rings. The number of hydrogen-bond acceptors (Lipinski definition) is 4. The Bertz CT molecular complexity index is 1310. The van der Waals surface area contributed by atoms with Gasteiger partial charge in [-0.1, -0.05) is 42.5 Å². The number of benzodiazepines with no additional fused rings is 1. The fourth-order valence-electron chi connectivity index (χ4n) is 3.65. The number of anilines is 1. The third-order valence-electron chi connectivity index (χ3n) is 5.70. The van der Waals surface area contributed by atoms with Crippen molar-refractivity contribution in [2.24, 2.45) is 10.9 Å². The first-order chi connectivity index (χ1) is 16.3. The predicted molar refractivity (Wildman–Crippen MR) is 125 cm³/mol. The number of carbonyl (C=O) groups excluding carboxylic acids is 3. The first-order valence-electron chi connectivity index (χ1n) is 10.6. The summed E-state index contributed by atoms with van der Waals surface area (Å²) in [6.07, 6.45) is 0.253. The molecule has 0 bridgehead atoms. The monoisotopic (exact) mass is 461 g/mol. The van der Waals surface area contributed by atoms with E-state index in [1.165, 1.54) is 18.0 Å². The van der Waals surface area contributed by atoms with Crippen LogP contribution in [0, 0.1) is 17.6 Å². The molecule has 0 radical (unpaired) electrons. The van der Waals surface area contributed by atoms with Crippen molar-refractivity contribution in [3.8, 4) is 11.1 Å². The van der Waals surface area contributed by atoms with E-state index in [4.69, 9.17) is 0 Å². The molecular weight excluding hydrogens is 440 g/mol. The number of amides is 2. The normalized spacial score (nSPS) is 15.9. The minimum atomic E-state index is -1.25. The van der Waals surface area contributed by atoms with Crippen LogP contribution in [-0.4, -0.2) is 37.0 Å². The minimum absolute atomic E-state index is 0.143. The van der Waals surface area contributed by atoms with Crippen molar-refractivity contribution in [2.45, 2.75) is 13.1 Å². The molecule has 3 aromatic carbocycles. The average Bonchev–Trinajstić information content (AvgIpc) is 2.97. The topological polar surface area (TPSA) is 78.8 Å². The van der Waals surface area contributed by atoms with Crippen LogP contribution < -0.4 is 10.2 Å². The summed E-state index contributed by atoms with van der Waals surface area (Å²) in [5, 5.41) is 2.48. The minimum Gasteiger partial charge on any atom is -0.326 e. The van der Waals surface area contributed by atoms with Crippen LogP contribution in [0.15, 0.2) is 71.7 Å². The van der Waals surface area contributed by atoms with Gasteiger partial charge in [-0.25, -0.2) is 8.78 Å². The van der Waals surface area contributed by atoms with Crippen molar-refractivity contribution in [3.63, 3.8) is 0 Å². The van der Waals surface area contributed by atoms with Gasteiger partial charge in [-0.15, -0.1) is 0 Å².